The largest absolute Gasteiger partial charge is 0.376 e. The fourth-order valence-electron chi connectivity index (χ4n) is 2.00. The van der Waals surface area contributed by atoms with E-state index in [9.17, 15) is 0 Å². The second-order valence-corrected chi connectivity index (χ2v) is 4.14. The van der Waals surface area contributed by atoms with Crippen LogP contribution in [0.25, 0.3) is 0 Å². The summed E-state index contributed by atoms with van der Waals surface area (Å²) in [5, 5.41) is 3.33. The van der Waals surface area contributed by atoms with Gasteiger partial charge in [-0.2, -0.15) is 0 Å². The normalized spacial score (nSPS) is 35.8. The van der Waals surface area contributed by atoms with Gasteiger partial charge in [0.2, 0.25) is 0 Å². The molecule has 2 atom stereocenters. The third-order valence-corrected chi connectivity index (χ3v) is 3.07. The molecular formula is C10H19NO. The molecule has 2 nitrogen and oxygen atoms in total. The minimum absolute atomic E-state index is 0.510. The summed E-state index contributed by atoms with van der Waals surface area (Å²) >= 11 is 0. The number of ether oxygens (including phenoxy) is 1. The van der Waals surface area contributed by atoms with E-state index >= 15 is 0 Å². The fourth-order valence-corrected chi connectivity index (χ4v) is 2.00. The standard InChI is InChI=1S/C10H19NO/c1-11-9-3-2-4-10(9)12-7-8-5-6-8/h8-11H,2-7H2,1H3. The molecule has 0 aliphatic heterocycles. The van der Waals surface area contributed by atoms with Gasteiger partial charge in [0.1, 0.15) is 0 Å². The van der Waals surface area contributed by atoms with Gasteiger partial charge in [-0.05, 0) is 45.1 Å². The Hall–Kier alpha value is -0.0800. The van der Waals surface area contributed by atoms with Crippen LogP contribution in [0.4, 0.5) is 0 Å². The van der Waals surface area contributed by atoms with Crippen molar-refractivity contribution in [1.29, 1.82) is 0 Å². The molecule has 2 aliphatic carbocycles. The van der Waals surface area contributed by atoms with Crippen LogP contribution in [0.2, 0.25) is 0 Å². The number of hydrogen-bond acceptors (Lipinski definition) is 2. The second kappa shape index (κ2) is 3.75. The Labute approximate surface area is 74.7 Å². The minimum atomic E-state index is 0.510. The number of nitrogens with one attached hydrogen (secondary N) is 1. The predicted octanol–water partition coefficient (Wildman–Crippen LogP) is 1.55. The van der Waals surface area contributed by atoms with Crippen molar-refractivity contribution >= 4 is 0 Å². The average molecular weight is 169 g/mol. The topological polar surface area (TPSA) is 21.3 Å². The zero-order valence-corrected chi connectivity index (χ0v) is 7.88. The second-order valence-electron chi connectivity index (χ2n) is 4.14. The molecule has 0 radical (unpaired) electrons. The average Bonchev–Trinajstić information content (AvgIpc) is 2.81. The summed E-state index contributed by atoms with van der Waals surface area (Å²) in [6, 6.07) is 0.628. The molecular weight excluding hydrogens is 150 g/mol. The van der Waals surface area contributed by atoms with Gasteiger partial charge in [-0.1, -0.05) is 0 Å². The molecule has 0 amide bonds. The van der Waals surface area contributed by atoms with Crippen LogP contribution < -0.4 is 5.32 Å². The Bertz CT molecular complexity index is 145. The molecule has 2 saturated carbocycles. The molecule has 0 aromatic heterocycles. The zero-order chi connectivity index (χ0) is 8.39. The lowest BCUT2D eigenvalue weighted by molar-refractivity contribution is 0.0349. The summed E-state index contributed by atoms with van der Waals surface area (Å²) in [7, 11) is 2.05. The van der Waals surface area contributed by atoms with E-state index in [0.717, 1.165) is 12.5 Å². The molecule has 0 saturated heterocycles. The third kappa shape index (κ3) is 1.99. The number of likely N-dealkylation sites (N-methyl/N-ethyl adjacent to an activating group) is 1. The van der Waals surface area contributed by atoms with Crippen LogP contribution >= 0.6 is 0 Å². The van der Waals surface area contributed by atoms with Crippen LogP contribution in [-0.4, -0.2) is 25.8 Å². The first-order chi connectivity index (χ1) is 5.90. The van der Waals surface area contributed by atoms with Crippen molar-refractivity contribution in [2.75, 3.05) is 13.7 Å². The third-order valence-electron chi connectivity index (χ3n) is 3.07. The lowest BCUT2D eigenvalue weighted by Crippen LogP contribution is -2.35. The van der Waals surface area contributed by atoms with Gasteiger partial charge in [-0.15, -0.1) is 0 Å². The van der Waals surface area contributed by atoms with Crippen molar-refractivity contribution in [3.63, 3.8) is 0 Å². The van der Waals surface area contributed by atoms with E-state index in [1.165, 1.54) is 32.1 Å². The summed E-state index contributed by atoms with van der Waals surface area (Å²) in [4.78, 5) is 0. The molecule has 0 bridgehead atoms. The van der Waals surface area contributed by atoms with Crippen LogP contribution in [0.5, 0.6) is 0 Å². The first-order valence-electron chi connectivity index (χ1n) is 5.19. The molecule has 70 valence electrons. The Morgan fingerprint density at radius 2 is 2.08 bits per heavy atom. The fraction of sp³-hybridized carbons (Fsp3) is 1.00. The molecule has 12 heavy (non-hydrogen) atoms. The van der Waals surface area contributed by atoms with Crippen molar-refractivity contribution in [3.8, 4) is 0 Å². The molecule has 0 aromatic carbocycles. The SMILES string of the molecule is CNC1CCCC1OCC1CC1. The highest BCUT2D eigenvalue weighted by atomic mass is 16.5. The summed E-state index contributed by atoms with van der Waals surface area (Å²) < 4.78 is 5.87. The van der Waals surface area contributed by atoms with E-state index in [1.54, 1.807) is 0 Å². The first kappa shape index (κ1) is 8.52. The molecule has 1 N–H and O–H groups in total. The summed E-state index contributed by atoms with van der Waals surface area (Å²) in [6.07, 6.45) is 7.20. The number of hydrogen-bond donors (Lipinski definition) is 1. The van der Waals surface area contributed by atoms with Gasteiger partial charge in [0.05, 0.1) is 6.10 Å². The maximum absolute atomic E-state index is 5.87. The molecule has 2 aliphatic rings. The van der Waals surface area contributed by atoms with Gasteiger partial charge in [-0.25, -0.2) is 0 Å². The highest BCUT2D eigenvalue weighted by Gasteiger charge is 2.29. The lowest BCUT2D eigenvalue weighted by atomic mass is 10.2. The molecule has 2 fully saturated rings. The van der Waals surface area contributed by atoms with Gasteiger partial charge < -0.3 is 10.1 Å². The van der Waals surface area contributed by atoms with E-state index in [-0.39, 0.29) is 0 Å². The van der Waals surface area contributed by atoms with E-state index in [2.05, 4.69) is 5.32 Å². The number of rotatable bonds is 4. The monoisotopic (exact) mass is 169 g/mol. The van der Waals surface area contributed by atoms with E-state index in [4.69, 9.17) is 4.74 Å². The van der Waals surface area contributed by atoms with Crippen molar-refractivity contribution in [2.24, 2.45) is 5.92 Å². The van der Waals surface area contributed by atoms with Gasteiger partial charge in [0, 0.05) is 12.6 Å². The molecule has 0 heterocycles. The molecule has 2 unspecified atom stereocenters. The zero-order valence-electron chi connectivity index (χ0n) is 7.88. The van der Waals surface area contributed by atoms with Crippen LogP contribution in [0.15, 0.2) is 0 Å². The Balaban J connectivity index is 1.69. The van der Waals surface area contributed by atoms with Crippen LogP contribution in [-0.2, 0) is 4.74 Å². The van der Waals surface area contributed by atoms with E-state index < -0.39 is 0 Å². The molecule has 0 spiro atoms. The van der Waals surface area contributed by atoms with E-state index in [0.29, 0.717) is 12.1 Å². The van der Waals surface area contributed by atoms with Crippen molar-refractivity contribution in [2.45, 2.75) is 44.2 Å². The van der Waals surface area contributed by atoms with Crippen molar-refractivity contribution < 1.29 is 4.74 Å². The molecule has 2 heteroatoms. The maximum atomic E-state index is 5.87. The summed E-state index contributed by atoms with van der Waals surface area (Å²) in [6.45, 7) is 1.02. The highest BCUT2D eigenvalue weighted by Crippen LogP contribution is 2.31. The first-order valence-corrected chi connectivity index (χ1v) is 5.19. The predicted molar refractivity (Wildman–Crippen MR) is 49.2 cm³/mol. The lowest BCUT2D eigenvalue weighted by Gasteiger charge is -2.19. The maximum Gasteiger partial charge on any atom is 0.0728 e. The van der Waals surface area contributed by atoms with Gasteiger partial charge >= 0.3 is 0 Å². The summed E-state index contributed by atoms with van der Waals surface area (Å²) in [5.41, 5.74) is 0. The Morgan fingerprint density at radius 1 is 1.25 bits per heavy atom. The Kier molecular flexibility index (Phi) is 2.66. The van der Waals surface area contributed by atoms with Crippen molar-refractivity contribution in [3.05, 3.63) is 0 Å². The van der Waals surface area contributed by atoms with Gasteiger partial charge in [-0.3, -0.25) is 0 Å². The minimum Gasteiger partial charge on any atom is -0.376 e. The Morgan fingerprint density at radius 3 is 2.75 bits per heavy atom. The van der Waals surface area contributed by atoms with E-state index in [1.807, 2.05) is 7.05 Å². The molecule has 2 rings (SSSR count). The quantitative estimate of drug-likeness (QED) is 0.689. The van der Waals surface area contributed by atoms with Crippen molar-refractivity contribution in [1.82, 2.24) is 5.32 Å². The van der Waals surface area contributed by atoms with Gasteiger partial charge in [0.25, 0.3) is 0 Å². The van der Waals surface area contributed by atoms with Crippen LogP contribution in [0.3, 0.4) is 0 Å². The van der Waals surface area contributed by atoms with Crippen LogP contribution in [0, 0.1) is 5.92 Å². The smallest absolute Gasteiger partial charge is 0.0728 e. The highest BCUT2D eigenvalue weighted by molar-refractivity contribution is 4.84. The molecule has 0 aromatic rings. The van der Waals surface area contributed by atoms with Crippen LogP contribution in [0.1, 0.15) is 32.1 Å². The summed E-state index contributed by atoms with van der Waals surface area (Å²) in [5.74, 6) is 0.906. The van der Waals surface area contributed by atoms with Gasteiger partial charge in [0.15, 0.2) is 0 Å².